The molecule has 0 atom stereocenters. The van der Waals surface area contributed by atoms with E-state index in [9.17, 15) is 4.79 Å². The molecule has 2 heterocycles. The number of carbonyl (C=O) groups is 1. The van der Waals surface area contributed by atoms with Crippen LogP contribution in [0.15, 0.2) is 67.0 Å². The maximum atomic E-state index is 13.0. The molecule has 1 amide bonds. The summed E-state index contributed by atoms with van der Waals surface area (Å²) >= 11 is 0. The van der Waals surface area contributed by atoms with Gasteiger partial charge in [0.25, 0.3) is 5.91 Å². The van der Waals surface area contributed by atoms with E-state index in [1.54, 1.807) is 42.0 Å². The van der Waals surface area contributed by atoms with Crippen LogP contribution in [0.1, 0.15) is 21.6 Å². The van der Waals surface area contributed by atoms with Crippen molar-refractivity contribution in [2.75, 3.05) is 19.5 Å². The highest BCUT2D eigenvalue weighted by Gasteiger charge is 2.18. The minimum absolute atomic E-state index is 0.251. The molecule has 0 aliphatic heterocycles. The van der Waals surface area contributed by atoms with Crippen LogP contribution in [0.4, 0.5) is 5.82 Å². The summed E-state index contributed by atoms with van der Waals surface area (Å²) in [6.45, 7) is 2.28. The molecule has 0 aliphatic rings. The maximum Gasteiger partial charge on any atom is 0.260 e. The van der Waals surface area contributed by atoms with Gasteiger partial charge in [0.05, 0.1) is 50.1 Å². The fraction of sp³-hybridized carbons (Fsp3) is 0.174. The average molecular weight is 417 g/mol. The van der Waals surface area contributed by atoms with Gasteiger partial charge in [-0.15, -0.1) is 0 Å². The monoisotopic (exact) mass is 417 g/mol. The summed E-state index contributed by atoms with van der Waals surface area (Å²) in [6.07, 6.45) is 3.21. The Morgan fingerprint density at radius 3 is 2.55 bits per heavy atom. The van der Waals surface area contributed by atoms with Gasteiger partial charge in [0.15, 0.2) is 11.5 Å². The summed E-state index contributed by atoms with van der Waals surface area (Å²) in [6, 6.07) is 17.1. The number of nitrogens with zero attached hydrogens (tertiary/aromatic N) is 4. The summed E-state index contributed by atoms with van der Waals surface area (Å²) in [5.74, 6) is 1.60. The molecule has 2 aromatic carbocycles. The van der Waals surface area contributed by atoms with Crippen molar-refractivity contribution in [2.45, 2.75) is 13.5 Å². The third kappa shape index (κ3) is 4.00. The van der Waals surface area contributed by atoms with Gasteiger partial charge in [-0.05, 0) is 25.1 Å². The minimum atomic E-state index is -0.251. The van der Waals surface area contributed by atoms with Crippen LogP contribution in [0.3, 0.4) is 0 Å². The number of hydrogen-bond acceptors (Lipinski definition) is 5. The van der Waals surface area contributed by atoms with E-state index in [0.717, 1.165) is 16.9 Å². The number of rotatable bonds is 7. The molecule has 158 valence electrons. The molecule has 0 saturated carbocycles. The van der Waals surface area contributed by atoms with Crippen molar-refractivity contribution in [1.29, 1.82) is 0 Å². The normalized spacial score (nSPS) is 10.7. The Labute approximate surface area is 180 Å². The molecular weight excluding hydrogens is 394 g/mol. The number of amides is 1. The van der Waals surface area contributed by atoms with Crippen LogP contribution < -0.4 is 14.8 Å². The molecule has 0 unspecified atom stereocenters. The first kappa shape index (κ1) is 20.2. The smallest absolute Gasteiger partial charge is 0.260 e. The molecule has 8 nitrogen and oxygen atoms in total. The van der Waals surface area contributed by atoms with Crippen LogP contribution >= 0.6 is 0 Å². The third-order valence-electron chi connectivity index (χ3n) is 5.02. The highest BCUT2D eigenvalue weighted by molar-refractivity contribution is 6.04. The van der Waals surface area contributed by atoms with E-state index in [1.165, 1.54) is 0 Å². The SMILES string of the molecule is COc1cccc(Cn2nccc2NC(=O)c2cnn(-c3ccccc3)c2C)c1OC. The van der Waals surface area contributed by atoms with Gasteiger partial charge in [-0.25, -0.2) is 9.36 Å². The van der Waals surface area contributed by atoms with Crippen LogP contribution in [0.5, 0.6) is 11.5 Å². The maximum absolute atomic E-state index is 13.0. The number of methoxy groups -OCH3 is 2. The fourth-order valence-corrected chi connectivity index (χ4v) is 3.45. The zero-order chi connectivity index (χ0) is 21.8. The lowest BCUT2D eigenvalue weighted by atomic mass is 10.2. The molecule has 31 heavy (non-hydrogen) atoms. The van der Waals surface area contributed by atoms with Crippen molar-refractivity contribution in [3.05, 3.63) is 83.8 Å². The Balaban J connectivity index is 1.56. The molecule has 0 spiro atoms. The van der Waals surface area contributed by atoms with Crippen molar-refractivity contribution in [2.24, 2.45) is 0 Å². The zero-order valence-electron chi connectivity index (χ0n) is 17.6. The van der Waals surface area contributed by atoms with Gasteiger partial charge in [-0.3, -0.25) is 4.79 Å². The Morgan fingerprint density at radius 2 is 1.81 bits per heavy atom. The molecule has 1 N–H and O–H groups in total. The Kier molecular flexibility index (Phi) is 5.70. The minimum Gasteiger partial charge on any atom is -0.493 e. The van der Waals surface area contributed by atoms with Crippen molar-refractivity contribution < 1.29 is 14.3 Å². The fourth-order valence-electron chi connectivity index (χ4n) is 3.45. The third-order valence-corrected chi connectivity index (χ3v) is 5.02. The van der Waals surface area contributed by atoms with Crippen molar-refractivity contribution in [3.8, 4) is 17.2 Å². The number of ether oxygens (including phenoxy) is 2. The Bertz CT molecular complexity index is 1200. The van der Waals surface area contributed by atoms with Gasteiger partial charge >= 0.3 is 0 Å². The summed E-state index contributed by atoms with van der Waals surface area (Å²) in [5.41, 5.74) is 3.03. The van der Waals surface area contributed by atoms with E-state index in [2.05, 4.69) is 15.5 Å². The van der Waals surface area contributed by atoms with E-state index < -0.39 is 0 Å². The zero-order valence-corrected chi connectivity index (χ0v) is 17.6. The first-order valence-electron chi connectivity index (χ1n) is 9.75. The summed E-state index contributed by atoms with van der Waals surface area (Å²) in [5, 5.41) is 11.7. The number of para-hydroxylation sites is 2. The second-order valence-corrected chi connectivity index (χ2v) is 6.87. The molecule has 4 aromatic rings. The van der Waals surface area contributed by atoms with Crippen LogP contribution in [-0.2, 0) is 6.54 Å². The number of anilines is 1. The van der Waals surface area contributed by atoms with Gasteiger partial charge in [0.2, 0.25) is 0 Å². The lowest BCUT2D eigenvalue weighted by Gasteiger charge is -2.14. The van der Waals surface area contributed by atoms with Gasteiger partial charge in [-0.1, -0.05) is 30.3 Å². The molecule has 4 rings (SSSR count). The number of hydrogen-bond donors (Lipinski definition) is 1. The standard InChI is InChI=1S/C23H23N5O3/c1-16-19(14-25-28(16)18-9-5-4-6-10-18)23(29)26-21-12-13-24-27(21)15-17-8-7-11-20(30-2)22(17)31-3/h4-14H,15H2,1-3H3,(H,26,29). The van der Waals surface area contributed by atoms with Gasteiger partial charge in [0.1, 0.15) is 5.82 Å². The Hall–Kier alpha value is -4.07. The lowest BCUT2D eigenvalue weighted by molar-refractivity contribution is 0.102. The van der Waals surface area contributed by atoms with Gasteiger partial charge < -0.3 is 14.8 Å². The van der Waals surface area contributed by atoms with Crippen molar-refractivity contribution >= 4 is 11.7 Å². The predicted octanol–water partition coefficient (Wildman–Crippen LogP) is 3.70. The number of nitrogens with one attached hydrogen (secondary N) is 1. The highest BCUT2D eigenvalue weighted by atomic mass is 16.5. The molecule has 8 heteroatoms. The first-order chi connectivity index (χ1) is 15.1. The van der Waals surface area contributed by atoms with E-state index in [-0.39, 0.29) is 5.91 Å². The molecule has 0 aliphatic carbocycles. The van der Waals surface area contributed by atoms with E-state index in [4.69, 9.17) is 9.47 Å². The lowest BCUT2D eigenvalue weighted by Crippen LogP contribution is -2.17. The highest BCUT2D eigenvalue weighted by Crippen LogP contribution is 2.31. The van der Waals surface area contributed by atoms with Crippen molar-refractivity contribution in [1.82, 2.24) is 19.6 Å². The second-order valence-electron chi connectivity index (χ2n) is 6.87. The first-order valence-corrected chi connectivity index (χ1v) is 9.75. The topological polar surface area (TPSA) is 83.2 Å². The molecule has 0 radical (unpaired) electrons. The summed E-state index contributed by atoms with van der Waals surface area (Å²) < 4.78 is 14.3. The number of carbonyl (C=O) groups excluding carboxylic acids is 1. The van der Waals surface area contributed by atoms with Crippen LogP contribution in [-0.4, -0.2) is 39.7 Å². The molecule has 2 aromatic heterocycles. The number of aromatic nitrogens is 4. The summed E-state index contributed by atoms with van der Waals surface area (Å²) in [7, 11) is 3.19. The van der Waals surface area contributed by atoms with E-state index in [1.807, 2.05) is 55.5 Å². The van der Waals surface area contributed by atoms with Crippen LogP contribution in [0.2, 0.25) is 0 Å². The molecule has 0 fully saturated rings. The van der Waals surface area contributed by atoms with Crippen molar-refractivity contribution in [3.63, 3.8) is 0 Å². The molecule has 0 bridgehead atoms. The van der Waals surface area contributed by atoms with Gasteiger partial charge in [-0.2, -0.15) is 10.2 Å². The quantitative estimate of drug-likeness (QED) is 0.496. The predicted molar refractivity (Wildman–Crippen MR) is 117 cm³/mol. The average Bonchev–Trinajstić information content (AvgIpc) is 3.40. The number of benzene rings is 2. The van der Waals surface area contributed by atoms with Gasteiger partial charge in [0, 0.05) is 11.6 Å². The second kappa shape index (κ2) is 8.74. The largest absolute Gasteiger partial charge is 0.493 e. The van der Waals surface area contributed by atoms with Crippen LogP contribution in [0, 0.1) is 6.92 Å². The van der Waals surface area contributed by atoms with Crippen LogP contribution in [0.25, 0.3) is 5.69 Å². The Morgan fingerprint density at radius 1 is 1.00 bits per heavy atom. The van der Waals surface area contributed by atoms with E-state index >= 15 is 0 Å². The molecule has 0 saturated heterocycles. The summed E-state index contributed by atoms with van der Waals surface area (Å²) in [4.78, 5) is 13.0. The van der Waals surface area contributed by atoms with E-state index in [0.29, 0.717) is 29.4 Å². The molecular formula is C23H23N5O3.